The quantitative estimate of drug-likeness (QED) is 0.338. The molecule has 0 aliphatic carbocycles. The maximum absolute atomic E-state index is 13.1. The molecule has 1 amide bonds. The van der Waals surface area contributed by atoms with Gasteiger partial charge < -0.3 is 19.3 Å². The Labute approximate surface area is 192 Å². The molecule has 172 valence electrons. The Balaban J connectivity index is 1.79. The Morgan fingerprint density at radius 3 is 2.48 bits per heavy atom. The number of aliphatic hydroxyl groups excluding tert-OH is 1. The van der Waals surface area contributed by atoms with Gasteiger partial charge in [0, 0.05) is 6.54 Å². The second kappa shape index (κ2) is 9.07. The topological polar surface area (TPSA) is 91.8 Å². The van der Waals surface area contributed by atoms with Crippen LogP contribution in [0.25, 0.3) is 11.4 Å². The smallest absolute Gasteiger partial charge is 0.295 e. The zero-order valence-electron chi connectivity index (χ0n) is 19.3. The van der Waals surface area contributed by atoms with E-state index in [0.29, 0.717) is 35.7 Å². The van der Waals surface area contributed by atoms with Crippen LogP contribution in [0, 0.1) is 13.8 Å². The maximum atomic E-state index is 13.1. The van der Waals surface area contributed by atoms with Gasteiger partial charge in [0.15, 0.2) is 0 Å². The lowest BCUT2D eigenvalue weighted by Crippen LogP contribution is -2.32. The second-order valence-corrected chi connectivity index (χ2v) is 8.49. The van der Waals surface area contributed by atoms with Crippen molar-refractivity contribution in [2.45, 2.75) is 26.3 Å². The van der Waals surface area contributed by atoms with Crippen LogP contribution in [0.1, 0.15) is 35.2 Å². The number of para-hydroxylation sites is 1. The van der Waals surface area contributed by atoms with Gasteiger partial charge in [0.1, 0.15) is 23.3 Å². The third-order valence-corrected chi connectivity index (χ3v) is 5.84. The lowest BCUT2D eigenvalue weighted by atomic mass is 9.99. The van der Waals surface area contributed by atoms with Gasteiger partial charge in [-0.25, -0.2) is 4.68 Å². The summed E-state index contributed by atoms with van der Waals surface area (Å²) in [4.78, 5) is 29.6. The number of carbonyl (C=O) groups is 2. The molecule has 1 aliphatic heterocycles. The molecule has 2 aromatic heterocycles. The summed E-state index contributed by atoms with van der Waals surface area (Å²) in [5.74, 6) is -0.490. The number of aliphatic hydroxyl groups is 1. The molecular formula is C25H28N4O4. The van der Waals surface area contributed by atoms with E-state index in [4.69, 9.17) is 4.42 Å². The van der Waals surface area contributed by atoms with Crippen molar-refractivity contribution < 1.29 is 19.1 Å². The van der Waals surface area contributed by atoms with Gasteiger partial charge in [-0.3, -0.25) is 9.59 Å². The molecule has 1 saturated heterocycles. The number of benzene rings is 1. The van der Waals surface area contributed by atoms with Gasteiger partial charge in [-0.1, -0.05) is 18.2 Å². The highest BCUT2D eigenvalue weighted by molar-refractivity contribution is 6.46. The second-order valence-electron chi connectivity index (χ2n) is 8.49. The number of ketones is 1. The van der Waals surface area contributed by atoms with Crippen molar-refractivity contribution in [1.29, 1.82) is 0 Å². The largest absolute Gasteiger partial charge is 0.507 e. The van der Waals surface area contributed by atoms with E-state index in [1.807, 2.05) is 56.3 Å². The van der Waals surface area contributed by atoms with E-state index in [1.54, 1.807) is 23.7 Å². The van der Waals surface area contributed by atoms with E-state index in [1.165, 1.54) is 11.1 Å². The van der Waals surface area contributed by atoms with Crippen LogP contribution in [0.3, 0.4) is 0 Å². The van der Waals surface area contributed by atoms with Crippen LogP contribution in [0.4, 0.5) is 0 Å². The molecule has 1 fully saturated rings. The van der Waals surface area contributed by atoms with E-state index < -0.39 is 17.7 Å². The molecular weight excluding hydrogens is 420 g/mol. The number of aromatic nitrogens is 2. The maximum Gasteiger partial charge on any atom is 0.295 e. The molecule has 1 aromatic carbocycles. The number of carbonyl (C=O) groups excluding carboxylic acids is 2. The summed E-state index contributed by atoms with van der Waals surface area (Å²) in [6.45, 7) is 4.74. The van der Waals surface area contributed by atoms with Crippen molar-refractivity contribution >= 4 is 17.4 Å². The van der Waals surface area contributed by atoms with Crippen LogP contribution in [0.15, 0.2) is 58.7 Å². The highest BCUT2D eigenvalue weighted by atomic mass is 16.3. The summed E-state index contributed by atoms with van der Waals surface area (Å²) in [5.41, 5.74) is 1.91. The van der Waals surface area contributed by atoms with Crippen molar-refractivity contribution in [3.63, 3.8) is 0 Å². The van der Waals surface area contributed by atoms with E-state index in [9.17, 15) is 14.7 Å². The first-order valence-corrected chi connectivity index (χ1v) is 10.9. The molecule has 4 rings (SSSR count). The molecule has 3 heterocycles. The lowest BCUT2D eigenvalue weighted by Gasteiger charge is -2.24. The van der Waals surface area contributed by atoms with Gasteiger partial charge in [0.2, 0.25) is 0 Å². The van der Waals surface area contributed by atoms with E-state index in [0.717, 1.165) is 12.2 Å². The first-order valence-electron chi connectivity index (χ1n) is 10.9. The third kappa shape index (κ3) is 4.21. The minimum atomic E-state index is -0.791. The van der Waals surface area contributed by atoms with Gasteiger partial charge in [-0.05, 0) is 65.2 Å². The molecule has 0 bridgehead atoms. The molecule has 33 heavy (non-hydrogen) atoms. The Morgan fingerprint density at radius 2 is 1.85 bits per heavy atom. The number of nitrogens with zero attached hydrogens (tertiary/aromatic N) is 4. The molecule has 1 aliphatic rings. The fourth-order valence-electron chi connectivity index (χ4n) is 4.18. The van der Waals surface area contributed by atoms with Gasteiger partial charge >= 0.3 is 0 Å². The Hall–Kier alpha value is -3.65. The zero-order chi connectivity index (χ0) is 23.7. The Bertz CT molecular complexity index is 1210. The monoisotopic (exact) mass is 448 g/mol. The SMILES string of the molecule is Cc1ccc(C2/C(=C(/O)c3cnn(-c4ccccc4)c3C)C(=O)C(=O)N2CCCN(C)C)o1. The van der Waals surface area contributed by atoms with Gasteiger partial charge in [0.25, 0.3) is 11.7 Å². The van der Waals surface area contributed by atoms with E-state index in [2.05, 4.69) is 5.10 Å². The molecule has 1 unspecified atom stereocenters. The Kier molecular flexibility index (Phi) is 6.20. The normalized spacial score (nSPS) is 18.0. The predicted molar refractivity (Wildman–Crippen MR) is 124 cm³/mol. The standard InChI is InChI=1S/C25H28N4O4/c1-16-11-12-20(33-16)22-21(24(31)25(32)28(22)14-8-13-27(3)4)23(30)19-15-26-29(17(19)2)18-9-6-5-7-10-18/h5-7,9-12,15,22,30H,8,13-14H2,1-4H3/b23-21-. The highest BCUT2D eigenvalue weighted by Crippen LogP contribution is 2.40. The first kappa shape index (κ1) is 22.5. The average Bonchev–Trinajstić information content (AvgIpc) is 3.46. The summed E-state index contributed by atoms with van der Waals surface area (Å²) in [6, 6.07) is 12.3. The average molecular weight is 449 g/mol. The summed E-state index contributed by atoms with van der Waals surface area (Å²) in [7, 11) is 3.91. The first-order chi connectivity index (χ1) is 15.8. The number of aryl methyl sites for hydroxylation is 1. The van der Waals surface area contributed by atoms with Crippen molar-refractivity contribution in [3.05, 3.63) is 77.0 Å². The minimum absolute atomic E-state index is 0.0231. The van der Waals surface area contributed by atoms with Crippen LogP contribution in [-0.4, -0.2) is 63.6 Å². The van der Waals surface area contributed by atoms with Crippen molar-refractivity contribution in [2.24, 2.45) is 0 Å². The number of hydrogen-bond acceptors (Lipinski definition) is 6. The van der Waals surface area contributed by atoms with Crippen LogP contribution in [-0.2, 0) is 9.59 Å². The van der Waals surface area contributed by atoms with Crippen molar-refractivity contribution in [3.8, 4) is 5.69 Å². The van der Waals surface area contributed by atoms with E-state index >= 15 is 0 Å². The fraction of sp³-hybridized carbons (Fsp3) is 0.320. The number of amides is 1. The number of Topliss-reactive ketones (excluding diaryl/α,β-unsaturated/α-hetero) is 1. The fourth-order valence-corrected chi connectivity index (χ4v) is 4.18. The van der Waals surface area contributed by atoms with Crippen LogP contribution >= 0.6 is 0 Å². The minimum Gasteiger partial charge on any atom is -0.507 e. The number of hydrogen-bond donors (Lipinski definition) is 1. The summed E-state index contributed by atoms with van der Waals surface area (Å²) in [5, 5.41) is 15.7. The number of likely N-dealkylation sites (tertiary alicyclic amines) is 1. The van der Waals surface area contributed by atoms with Crippen LogP contribution < -0.4 is 0 Å². The lowest BCUT2D eigenvalue weighted by molar-refractivity contribution is -0.140. The van der Waals surface area contributed by atoms with Crippen LogP contribution in [0.2, 0.25) is 0 Å². The van der Waals surface area contributed by atoms with Crippen LogP contribution in [0.5, 0.6) is 0 Å². The Morgan fingerprint density at radius 1 is 1.12 bits per heavy atom. The predicted octanol–water partition coefficient (Wildman–Crippen LogP) is 3.46. The molecule has 8 nitrogen and oxygen atoms in total. The molecule has 3 aromatic rings. The summed E-state index contributed by atoms with van der Waals surface area (Å²) >= 11 is 0. The molecule has 8 heteroatoms. The van der Waals surface area contributed by atoms with Gasteiger partial charge in [0.05, 0.1) is 28.7 Å². The molecule has 0 radical (unpaired) electrons. The zero-order valence-corrected chi connectivity index (χ0v) is 19.3. The molecule has 1 N–H and O–H groups in total. The number of furan rings is 1. The summed E-state index contributed by atoms with van der Waals surface area (Å²) < 4.78 is 7.51. The molecule has 0 saturated carbocycles. The third-order valence-electron chi connectivity index (χ3n) is 5.84. The van der Waals surface area contributed by atoms with Gasteiger partial charge in [-0.15, -0.1) is 0 Å². The van der Waals surface area contributed by atoms with Crippen molar-refractivity contribution in [2.75, 3.05) is 27.2 Å². The molecule has 0 spiro atoms. The van der Waals surface area contributed by atoms with Gasteiger partial charge in [-0.2, -0.15) is 5.10 Å². The summed E-state index contributed by atoms with van der Waals surface area (Å²) in [6.07, 6.45) is 2.20. The molecule has 1 atom stereocenters. The number of rotatable bonds is 7. The highest BCUT2D eigenvalue weighted by Gasteiger charge is 2.47. The van der Waals surface area contributed by atoms with E-state index in [-0.39, 0.29) is 11.3 Å². The van der Waals surface area contributed by atoms with Crippen molar-refractivity contribution in [1.82, 2.24) is 19.6 Å².